The van der Waals surface area contributed by atoms with Crippen molar-refractivity contribution in [2.75, 3.05) is 20.3 Å². The molecule has 3 unspecified atom stereocenters. The highest BCUT2D eigenvalue weighted by atomic mass is 16.5. The highest BCUT2D eigenvalue weighted by Crippen LogP contribution is 2.34. The minimum absolute atomic E-state index is 0.313. The van der Waals surface area contributed by atoms with Crippen molar-refractivity contribution in [2.24, 2.45) is 0 Å². The summed E-state index contributed by atoms with van der Waals surface area (Å²) in [6.45, 7) is 5.96. The molecule has 18 heavy (non-hydrogen) atoms. The number of nitrogens with zero attached hydrogens (tertiary/aromatic N) is 2. The first kappa shape index (κ1) is 13.8. The van der Waals surface area contributed by atoms with Crippen LogP contribution in [0, 0.1) is 11.3 Å². The molecule has 2 aliphatic rings. The third-order valence-corrected chi connectivity index (χ3v) is 4.32. The quantitative estimate of drug-likeness (QED) is 0.823. The molecule has 0 spiro atoms. The molecule has 102 valence electrons. The SMILES string of the molecule is CC(C)NC1(C#N)CCC(N(C)C2CCOC2)C1. The number of likely N-dealkylation sites (N-methyl/N-ethyl adjacent to an activating group) is 1. The van der Waals surface area contributed by atoms with E-state index in [9.17, 15) is 5.26 Å². The summed E-state index contributed by atoms with van der Waals surface area (Å²) >= 11 is 0. The highest BCUT2D eigenvalue weighted by molar-refractivity contribution is 5.14. The van der Waals surface area contributed by atoms with E-state index < -0.39 is 0 Å². The molecule has 1 heterocycles. The molecule has 4 nitrogen and oxygen atoms in total. The van der Waals surface area contributed by atoms with Crippen LogP contribution in [0.1, 0.15) is 39.5 Å². The fraction of sp³-hybridized carbons (Fsp3) is 0.929. The molecule has 1 saturated heterocycles. The lowest BCUT2D eigenvalue weighted by atomic mass is 9.98. The minimum Gasteiger partial charge on any atom is -0.380 e. The summed E-state index contributed by atoms with van der Waals surface area (Å²) in [5.41, 5.74) is -0.313. The molecule has 0 amide bonds. The Labute approximate surface area is 110 Å². The standard InChI is InChI=1S/C14H25N3O/c1-11(2)16-14(10-15)6-4-12(8-14)17(3)13-5-7-18-9-13/h11-13,16H,4-9H2,1-3H3. The summed E-state index contributed by atoms with van der Waals surface area (Å²) in [5.74, 6) is 0. The van der Waals surface area contributed by atoms with Crippen LogP contribution < -0.4 is 5.32 Å². The number of ether oxygens (including phenoxy) is 1. The number of nitrogens with one attached hydrogen (secondary N) is 1. The second kappa shape index (κ2) is 5.56. The molecule has 1 N–H and O–H groups in total. The van der Waals surface area contributed by atoms with E-state index in [1.165, 1.54) is 0 Å². The van der Waals surface area contributed by atoms with E-state index in [0.717, 1.165) is 38.9 Å². The first-order valence-corrected chi connectivity index (χ1v) is 7.05. The maximum absolute atomic E-state index is 9.47. The van der Waals surface area contributed by atoms with Gasteiger partial charge in [-0.05, 0) is 46.6 Å². The molecule has 0 aromatic carbocycles. The van der Waals surface area contributed by atoms with Crippen molar-refractivity contribution in [3.05, 3.63) is 0 Å². The maximum Gasteiger partial charge on any atom is 0.108 e. The molecule has 0 aromatic rings. The third kappa shape index (κ3) is 2.85. The van der Waals surface area contributed by atoms with Gasteiger partial charge in [-0.25, -0.2) is 0 Å². The van der Waals surface area contributed by atoms with Gasteiger partial charge in [-0.2, -0.15) is 5.26 Å². The van der Waals surface area contributed by atoms with Crippen LogP contribution in [-0.4, -0.2) is 48.8 Å². The van der Waals surface area contributed by atoms with Gasteiger partial charge < -0.3 is 4.74 Å². The summed E-state index contributed by atoms with van der Waals surface area (Å²) in [6, 6.07) is 3.94. The molecule has 3 atom stereocenters. The monoisotopic (exact) mass is 251 g/mol. The average Bonchev–Trinajstić information content (AvgIpc) is 2.96. The predicted molar refractivity (Wildman–Crippen MR) is 71.2 cm³/mol. The van der Waals surface area contributed by atoms with Crippen molar-refractivity contribution in [1.82, 2.24) is 10.2 Å². The van der Waals surface area contributed by atoms with Crippen molar-refractivity contribution in [2.45, 2.75) is 63.2 Å². The fourth-order valence-electron chi connectivity index (χ4n) is 3.33. The van der Waals surface area contributed by atoms with Crippen molar-refractivity contribution in [3.8, 4) is 6.07 Å². The summed E-state index contributed by atoms with van der Waals surface area (Å²) < 4.78 is 5.46. The lowest BCUT2D eigenvalue weighted by molar-refractivity contribution is 0.131. The fourth-order valence-corrected chi connectivity index (χ4v) is 3.33. The molecular weight excluding hydrogens is 226 g/mol. The number of hydrogen-bond donors (Lipinski definition) is 1. The summed E-state index contributed by atoms with van der Waals surface area (Å²) in [4.78, 5) is 2.44. The van der Waals surface area contributed by atoms with Crippen LogP contribution in [0.15, 0.2) is 0 Å². The van der Waals surface area contributed by atoms with E-state index >= 15 is 0 Å². The van der Waals surface area contributed by atoms with Crippen molar-refractivity contribution in [1.29, 1.82) is 5.26 Å². The van der Waals surface area contributed by atoms with Gasteiger partial charge in [0.25, 0.3) is 0 Å². The van der Waals surface area contributed by atoms with Crippen molar-refractivity contribution >= 4 is 0 Å². The van der Waals surface area contributed by atoms with Gasteiger partial charge >= 0.3 is 0 Å². The minimum atomic E-state index is -0.313. The smallest absolute Gasteiger partial charge is 0.108 e. The predicted octanol–water partition coefficient (Wildman–Crippen LogP) is 1.52. The van der Waals surface area contributed by atoms with Gasteiger partial charge in [0, 0.05) is 24.7 Å². The van der Waals surface area contributed by atoms with Crippen molar-refractivity contribution < 1.29 is 4.74 Å². The van der Waals surface area contributed by atoms with Crippen LogP contribution in [0.4, 0.5) is 0 Å². The largest absolute Gasteiger partial charge is 0.380 e. The topological polar surface area (TPSA) is 48.3 Å². The highest BCUT2D eigenvalue weighted by Gasteiger charge is 2.42. The van der Waals surface area contributed by atoms with Gasteiger partial charge in [-0.3, -0.25) is 10.2 Å². The molecule has 1 aliphatic carbocycles. The summed E-state index contributed by atoms with van der Waals surface area (Å²) in [6.07, 6.45) is 4.14. The molecule has 4 heteroatoms. The van der Waals surface area contributed by atoms with Crippen LogP contribution in [0.2, 0.25) is 0 Å². The van der Waals surface area contributed by atoms with E-state index in [-0.39, 0.29) is 5.54 Å². The van der Waals surface area contributed by atoms with Gasteiger partial charge in [-0.1, -0.05) is 0 Å². The Bertz CT molecular complexity index is 319. The van der Waals surface area contributed by atoms with E-state index in [1.807, 2.05) is 0 Å². The van der Waals surface area contributed by atoms with Crippen LogP contribution in [0.25, 0.3) is 0 Å². The molecule has 0 radical (unpaired) electrons. The molecular formula is C14H25N3O. The molecule has 1 saturated carbocycles. The zero-order valence-electron chi connectivity index (χ0n) is 11.8. The van der Waals surface area contributed by atoms with Crippen LogP contribution in [0.3, 0.4) is 0 Å². The third-order valence-electron chi connectivity index (χ3n) is 4.32. The van der Waals surface area contributed by atoms with Gasteiger partial charge in [0.05, 0.1) is 12.7 Å². The Balaban J connectivity index is 1.95. The second-order valence-corrected chi connectivity index (χ2v) is 6.07. The lowest BCUT2D eigenvalue weighted by Gasteiger charge is -2.31. The summed E-state index contributed by atoms with van der Waals surface area (Å²) in [7, 11) is 2.19. The normalized spacial score (nSPS) is 36.4. The van der Waals surface area contributed by atoms with Crippen molar-refractivity contribution in [3.63, 3.8) is 0 Å². The Morgan fingerprint density at radius 1 is 1.39 bits per heavy atom. The number of hydrogen-bond acceptors (Lipinski definition) is 4. The molecule has 1 aliphatic heterocycles. The number of nitriles is 1. The Morgan fingerprint density at radius 2 is 2.17 bits per heavy atom. The Morgan fingerprint density at radius 3 is 2.72 bits per heavy atom. The maximum atomic E-state index is 9.47. The average molecular weight is 251 g/mol. The lowest BCUT2D eigenvalue weighted by Crippen LogP contribution is -2.47. The Kier molecular flexibility index (Phi) is 4.26. The van der Waals surface area contributed by atoms with Gasteiger partial charge in [-0.15, -0.1) is 0 Å². The van der Waals surface area contributed by atoms with E-state index in [4.69, 9.17) is 4.74 Å². The summed E-state index contributed by atoms with van der Waals surface area (Å²) in [5, 5.41) is 12.9. The second-order valence-electron chi connectivity index (χ2n) is 6.07. The van der Waals surface area contributed by atoms with Crippen LogP contribution in [0.5, 0.6) is 0 Å². The zero-order valence-corrected chi connectivity index (χ0v) is 11.8. The zero-order chi connectivity index (χ0) is 13.2. The first-order valence-electron chi connectivity index (χ1n) is 7.05. The first-order chi connectivity index (χ1) is 8.56. The van der Waals surface area contributed by atoms with E-state index in [2.05, 4.69) is 37.2 Å². The van der Waals surface area contributed by atoms with Gasteiger partial charge in [0.15, 0.2) is 0 Å². The molecule has 0 aromatic heterocycles. The van der Waals surface area contributed by atoms with Gasteiger partial charge in [0.1, 0.15) is 5.54 Å². The van der Waals surface area contributed by atoms with E-state index in [0.29, 0.717) is 18.1 Å². The molecule has 0 bridgehead atoms. The Hall–Kier alpha value is -0.630. The molecule has 2 rings (SSSR count). The van der Waals surface area contributed by atoms with Crippen LogP contribution >= 0.6 is 0 Å². The van der Waals surface area contributed by atoms with Gasteiger partial charge in [0.2, 0.25) is 0 Å². The van der Waals surface area contributed by atoms with Crippen LogP contribution in [-0.2, 0) is 4.74 Å². The molecule has 2 fully saturated rings. The number of rotatable bonds is 4. The van der Waals surface area contributed by atoms with E-state index in [1.54, 1.807) is 0 Å².